The molecule has 7 nitrogen and oxygen atoms in total. The lowest BCUT2D eigenvalue weighted by Gasteiger charge is -2.19. The van der Waals surface area contributed by atoms with E-state index in [1.54, 1.807) is 0 Å². The van der Waals surface area contributed by atoms with E-state index in [9.17, 15) is 9.59 Å². The van der Waals surface area contributed by atoms with Crippen molar-refractivity contribution in [2.75, 3.05) is 26.2 Å². The topological polar surface area (TPSA) is 71.6 Å². The van der Waals surface area contributed by atoms with E-state index in [-0.39, 0.29) is 18.0 Å². The highest BCUT2D eigenvalue weighted by Gasteiger charge is 2.15. The van der Waals surface area contributed by atoms with Gasteiger partial charge < -0.3 is 10.2 Å². The van der Waals surface area contributed by atoms with Crippen molar-refractivity contribution in [2.45, 2.75) is 45.6 Å². The molecule has 0 saturated carbocycles. The van der Waals surface area contributed by atoms with E-state index in [0.717, 1.165) is 29.6 Å². The molecule has 1 saturated heterocycles. The first kappa shape index (κ1) is 19.6. The lowest BCUT2D eigenvalue weighted by Crippen LogP contribution is -2.33. The van der Waals surface area contributed by atoms with Crippen molar-refractivity contribution in [3.05, 3.63) is 46.4 Å². The Morgan fingerprint density at radius 1 is 1.14 bits per heavy atom. The van der Waals surface area contributed by atoms with Crippen molar-refractivity contribution in [3.8, 4) is 0 Å². The Morgan fingerprint density at radius 3 is 2.69 bits per heavy atom. The van der Waals surface area contributed by atoms with Crippen LogP contribution in [0.1, 0.15) is 37.8 Å². The fourth-order valence-electron chi connectivity index (χ4n) is 4.30. The lowest BCUT2D eigenvalue weighted by molar-refractivity contribution is -0.121. The Kier molecular flexibility index (Phi) is 5.94. The van der Waals surface area contributed by atoms with Crippen LogP contribution in [0.5, 0.6) is 0 Å². The van der Waals surface area contributed by atoms with Gasteiger partial charge in [-0.2, -0.15) is 4.98 Å². The minimum absolute atomic E-state index is 0.0263. The number of aryl methyl sites for hydroxylation is 1. The molecule has 3 heterocycles. The molecule has 0 radical (unpaired) electrons. The maximum atomic E-state index is 12.6. The van der Waals surface area contributed by atoms with E-state index in [1.807, 2.05) is 40.4 Å². The van der Waals surface area contributed by atoms with E-state index >= 15 is 0 Å². The number of fused-ring (bicyclic) bond motifs is 3. The van der Waals surface area contributed by atoms with Crippen LogP contribution in [0, 0.1) is 6.92 Å². The van der Waals surface area contributed by atoms with E-state index in [2.05, 4.69) is 15.2 Å². The molecule has 1 aliphatic rings. The van der Waals surface area contributed by atoms with Gasteiger partial charge >= 0.3 is 0 Å². The number of hydrogen-bond acceptors (Lipinski definition) is 4. The molecule has 1 aromatic carbocycles. The Hall–Kier alpha value is -2.67. The first-order chi connectivity index (χ1) is 14.1. The Balaban J connectivity index is 1.44. The summed E-state index contributed by atoms with van der Waals surface area (Å²) in [7, 11) is 0. The summed E-state index contributed by atoms with van der Waals surface area (Å²) in [5.74, 6) is -0.0263. The second kappa shape index (κ2) is 8.78. The summed E-state index contributed by atoms with van der Waals surface area (Å²) in [6.45, 7) is 6.14. The van der Waals surface area contributed by atoms with Crippen LogP contribution >= 0.6 is 0 Å². The largest absolute Gasteiger partial charge is 0.354 e. The van der Waals surface area contributed by atoms with Crippen LogP contribution in [-0.4, -0.2) is 51.2 Å². The molecular formula is C22H29N5O2. The fourth-order valence-corrected chi connectivity index (χ4v) is 4.30. The summed E-state index contributed by atoms with van der Waals surface area (Å²) in [4.78, 5) is 31.2. The molecule has 4 rings (SSSR count). The Bertz CT molecular complexity index is 1060. The highest BCUT2D eigenvalue weighted by molar-refractivity contribution is 5.93. The molecule has 2 aromatic heterocycles. The predicted octanol–water partition coefficient (Wildman–Crippen LogP) is 2.34. The summed E-state index contributed by atoms with van der Waals surface area (Å²) in [5.41, 5.74) is 2.00. The van der Waals surface area contributed by atoms with Gasteiger partial charge in [-0.05, 0) is 58.0 Å². The molecule has 154 valence electrons. The molecule has 0 atom stereocenters. The second-order valence-corrected chi connectivity index (χ2v) is 7.91. The van der Waals surface area contributed by atoms with Gasteiger partial charge in [0.2, 0.25) is 5.91 Å². The van der Waals surface area contributed by atoms with E-state index < -0.39 is 0 Å². The van der Waals surface area contributed by atoms with Crippen molar-refractivity contribution < 1.29 is 4.79 Å². The molecule has 1 fully saturated rings. The summed E-state index contributed by atoms with van der Waals surface area (Å²) in [6, 6.07) is 9.25. The van der Waals surface area contributed by atoms with Crippen molar-refractivity contribution >= 4 is 22.5 Å². The third-order valence-electron chi connectivity index (χ3n) is 5.71. The molecule has 0 bridgehead atoms. The van der Waals surface area contributed by atoms with E-state index in [4.69, 9.17) is 0 Å². The minimum atomic E-state index is -0.261. The quantitative estimate of drug-likeness (QED) is 0.651. The van der Waals surface area contributed by atoms with Gasteiger partial charge in [-0.1, -0.05) is 25.0 Å². The van der Waals surface area contributed by atoms with Crippen LogP contribution in [-0.2, 0) is 11.3 Å². The van der Waals surface area contributed by atoms with Crippen LogP contribution in [0.3, 0.4) is 0 Å². The first-order valence-electron chi connectivity index (χ1n) is 10.6. The zero-order valence-electron chi connectivity index (χ0n) is 17.1. The average Bonchev–Trinajstić information content (AvgIpc) is 2.85. The zero-order chi connectivity index (χ0) is 20.2. The molecule has 29 heavy (non-hydrogen) atoms. The number of rotatable bonds is 6. The fraction of sp³-hybridized carbons (Fsp3) is 0.500. The Labute approximate surface area is 170 Å². The number of nitrogens with one attached hydrogen (secondary N) is 1. The molecule has 1 amide bonds. The highest BCUT2D eigenvalue weighted by Crippen LogP contribution is 2.21. The molecule has 0 spiro atoms. The molecule has 0 aliphatic carbocycles. The maximum absolute atomic E-state index is 12.6. The standard InChI is InChI=1S/C22H29N5O2/c1-17-15-20(28)24-22-18-9-4-5-10-19(18)26(27(17)22)16-21(29)23-11-8-14-25-12-6-2-3-7-13-25/h4-5,9-10,15H,2-3,6-8,11-14,16H2,1H3,(H,23,29). The van der Waals surface area contributed by atoms with Gasteiger partial charge in [0.15, 0.2) is 5.65 Å². The van der Waals surface area contributed by atoms with Gasteiger partial charge in [0.1, 0.15) is 6.54 Å². The first-order valence-corrected chi connectivity index (χ1v) is 10.6. The van der Waals surface area contributed by atoms with Crippen molar-refractivity contribution in [1.29, 1.82) is 0 Å². The molecule has 3 aromatic rings. The third kappa shape index (κ3) is 4.34. The summed E-state index contributed by atoms with van der Waals surface area (Å²) in [6.07, 6.45) is 6.22. The summed E-state index contributed by atoms with van der Waals surface area (Å²) >= 11 is 0. The van der Waals surface area contributed by atoms with Crippen LogP contribution < -0.4 is 10.9 Å². The molecular weight excluding hydrogens is 366 g/mol. The summed E-state index contributed by atoms with van der Waals surface area (Å²) in [5, 5.41) is 3.93. The third-order valence-corrected chi connectivity index (χ3v) is 5.71. The van der Waals surface area contributed by atoms with Crippen LogP contribution in [0.15, 0.2) is 35.1 Å². The smallest absolute Gasteiger partial charge is 0.273 e. The normalized spacial score (nSPS) is 15.6. The number of para-hydroxylation sites is 1. The van der Waals surface area contributed by atoms with Gasteiger partial charge in [-0.15, -0.1) is 0 Å². The van der Waals surface area contributed by atoms with Gasteiger partial charge in [0.25, 0.3) is 5.56 Å². The number of nitrogens with zero attached hydrogens (tertiary/aromatic N) is 4. The molecule has 0 unspecified atom stereocenters. The predicted molar refractivity (Wildman–Crippen MR) is 114 cm³/mol. The van der Waals surface area contributed by atoms with Gasteiger partial charge in [-0.25, -0.2) is 4.52 Å². The van der Waals surface area contributed by atoms with E-state index in [1.165, 1.54) is 44.8 Å². The molecule has 1 aliphatic heterocycles. The monoisotopic (exact) mass is 395 g/mol. The van der Waals surface area contributed by atoms with Gasteiger partial charge in [0, 0.05) is 23.7 Å². The summed E-state index contributed by atoms with van der Waals surface area (Å²) < 4.78 is 3.76. The number of aromatic nitrogens is 3. The number of carbonyl (C=O) groups is 1. The molecule has 1 N–H and O–H groups in total. The SMILES string of the molecule is Cc1cc(=O)nc2c3ccccc3n(CC(=O)NCCCN3CCCCCC3)n12. The van der Waals surface area contributed by atoms with Crippen LogP contribution in [0.25, 0.3) is 16.6 Å². The second-order valence-electron chi connectivity index (χ2n) is 7.91. The van der Waals surface area contributed by atoms with Gasteiger partial charge in [-0.3, -0.25) is 14.3 Å². The van der Waals surface area contributed by atoms with Crippen molar-refractivity contribution in [2.24, 2.45) is 0 Å². The van der Waals surface area contributed by atoms with Crippen LogP contribution in [0.2, 0.25) is 0 Å². The number of amides is 1. The van der Waals surface area contributed by atoms with Crippen molar-refractivity contribution in [1.82, 2.24) is 24.4 Å². The molecule has 7 heteroatoms. The number of likely N-dealkylation sites (tertiary alicyclic amines) is 1. The Morgan fingerprint density at radius 2 is 1.90 bits per heavy atom. The lowest BCUT2D eigenvalue weighted by atomic mass is 10.2. The number of benzene rings is 1. The zero-order valence-corrected chi connectivity index (χ0v) is 17.1. The van der Waals surface area contributed by atoms with Gasteiger partial charge in [0.05, 0.1) is 5.52 Å². The number of carbonyl (C=O) groups excluding carboxylic acids is 1. The highest BCUT2D eigenvalue weighted by atomic mass is 16.2. The maximum Gasteiger partial charge on any atom is 0.273 e. The van der Waals surface area contributed by atoms with E-state index in [0.29, 0.717) is 12.2 Å². The minimum Gasteiger partial charge on any atom is -0.354 e. The number of hydrogen-bond donors (Lipinski definition) is 1. The average molecular weight is 396 g/mol. The van der Waals surface area contributed by atoms with Crippen molar-refractivity contribution in [3.63, 3.8) is 0 Å². The van der Waals surface area contributed by atoms with Crippen LogP contribution in [0.4, 0.5) is 0 Å².